The molecule has 0 aliphatic carbocycles. The van der Waals surface area contributed by atoms with Crippen LogP contribution in [-0.4, -0.2) is 10.2 Å². The summed E-state index contributed by atoms with van der Waals surface area (Å²) in [5.41, 5.74) is 1.06. The number of thiocarbonyl (C=S) groups is 1. The van der Waals surface area contributed by atoms with Crippen LogP contribution in [0, 0.1) is 5.82 Å². The summed E-state index contributed by atoms with van der Waals surface area (Å²) in [6.07, 6.45) is 1.65. The van der Waals surface area contributed by atoms with Gasteiger partial charge in [-0.25, -0.2) is 4.39 Å². The van der Waals surface area contributed by atoms with Crippen LogP contribution < -0.4 is 4.90 Å². The fourth-order valence-corrected chi connectivity index (χ4v) is 3.82. The van der Waals surface area contributed by atoms with Crippen molar-refractivity contribution in [2.45, 2.75) is 0 Å². The molecular formula is C16H8Cl2FNOS2. The van der Waals surface area contributed by atoms with Crippen LogP contribution in [0.1, 0.15) is 5.56 Å². The van der Waals surface area contributed by atoms with E-state index in [0.717, 1.165) is 11.8 Å². The maximum Gasteiger partial charge on any atom is 0.270 e. The largest absolute Gasteiger partial charge is 0.270 e. The summed E-state index contributed by atoms with van der Waals surface area (Å²) in [7, 11) is 0. The smallest absolute Gasteiger partial charge is 0.268 e. The van der Waals surface area contributed by atoms with E-state index in [0.29, 0.717) is 30.5 Å². The van der Waals surface area contributed by atoms with E-state index in [2.05, 4.69) is 0 Å². The van der Waals surface area contributed by atoms with Crippen LogP contribution in [0.25, 0.3) is 6.08 Å². The molecule has 23 heavy (non-hydrogen) atoms. The van der Waals surface area contributed by atoms with E-state index in [1.807, 2.05) is 0 Å². The standard InChI is InChI=1S/C16H8Cl2FNOS2/c17-10-5-4-9(13(18)7-10)6-14-15(21)20(16(22)23-14)12-3-1-2-11(19)8-12/h1-8H/b14-6-. The second-order valence-electron chi connectivity index (χ2n) is 4.66. The van der Waals surface area contributed by atoms with Gasteiger partial charge in [0.25, 0.3) is 5.91 Å². The van der Waals surface area contributed by atoms with Crippen LogP contribution in [0.4, 0.5) is 10.1 Å². The van der Waals surface area contributed by atoms with Crippen molar-refractivity contribution in [1.29, 1.82) is 0 Å². The summed E-state index contributed by atoms with van der Waals surface area (Å²) < 4.78 is 13.7. The summed E-state index contributed by atoms with van der Waals surface area (Å²) in [6.45, 7) is 0. The number of amides is 1. The van der Waals surface area contributed by atoms with Crippen molar-refractivity contribution in [2.24, 2.45) is 0 Å². The number of hydrogen-bond acceptors (Lipinski definition) is 3. The molecule has 1 aliphatic heterocycles. The topological polar surface area (TPSA) is 20.3 Å². The lowest BCUT2D eigenvalue weighted by atomic mass is 10.2. The van der Waals surface area contributed by atoms with Crippen LogP contribution in [0.15, 0.2) is 47.4 Å². The lowest BCUT2D eigenvalue weighted by Gasteiger charge is -2.14. The SMILES string of the molecule is O=C1/C(=C/c2ccc(Cl)cc2Cl)SC(=S)N1c1cccc(F)c1. The Morgan fingerprint density at radius 1 is 1.17 bits per heavy atom. The van der Waals surface area contributed by atoms with Crippen LogP contribution in [0.3, 0.4) is 0 Å². The molecule has 7 heteroatoms. The number of thioether (sulfide) groups is 1. The molecule has 116 valence electrons. The van der Waals surface area contributed by atoms with Gasteiger partial charge in [-0.3, -0.25) is 9.69 Å². The first-order chi connectivity index (χ1) is 11.0. The van der Waals surface area contributed by atoms with Gasteiger partial charge >= 0.3 is 0 Å². The van der Waals surface area contributed by atoms with E-state index in [1.54, 1.807) is 30.3 Å². The second kappa shape index (κ2) is 6.61. The van der Waals surface area contributed by atoms with Crippen molar-refractivity contribution < 1.29 is 9.18 Å². The van der Waals surface area contributed by atoms with Crippen molar-refractivity contribution >= 4 is 69.2 Å². The van der Waals surface area contributed by atoms with E-state index in [9.17, 15) is 9.18 Å². The highest BCUT2D eigenvalue weighted by molar-refractivity contribution is 8.27. The normalized spacial score (nSPS) is 16.5. The molecule has 1 aliphatic rings. The minimum Gasteiger partial charge on any atom is -0.268 e. The van der Waals surface area contributed by atoms with Gasteiger partial charge in [-0.05, 0) is 42.0 Å². The van der Waals surface area contributed by atoms with E-state index in [-0.39, 0.29) is 5.91 Å². The Hall–Kier alpha value is -1.40. The van der Waals surface area contributed by atoms with Crippen LogP contribution in [0.2, 0.25) is 10.0 Å². The third kappa shape index (κ3) is 3.43. The average molecular weight is 384 g/mol. The molecule has 1 heterocycles. The molecule has 0 N–H and O–H groups in total. The molecule has 0 unspecified atom stereocenters. The van der Waals surface area contributed by atoms with Gasteiger partial charge in [0, 0.05) is 10.0 Å². The molecule has 1 amide bonds. The van der Waals surface area contributed by atoms with Gasteiger partial charge in [-0.2, -0.15) is 0 Å². The zero-order valence-corrected chi connectivity index (χ0v) is 14.6. The van der Waals surface area contributed by atoms with Gasteiger partial charge in [0.2, 0.25) is 0 Å². The third-order valence-electron chi connectivity index (χ3n) is 3.11. The predicted octanol–water partition coefficient (Wildman–Crippen LogP) is 5.54. The van der Waals surface area contributed by atoms with Gasteiger partial charge in [0.15, 0.2) is 4.32 Å². The van der Waals surface area contributed by atoms with Crippen LogP contribution >= 0.6 is 47.2 Å². The molecule has 0 spiro atoms. The van der Waals surface area contributed by atoms with Crippen molar-refractivity contribution in [2.75, 3.05) is 4.90 Å². The van der Waals surface area contributed by atoms with Crippen molar-refractivity contribution in [1.82, 2.24) is 0 Å². The maximum atomic E-state index is 13.4. The summed E-state index contributed by atoms with van der Waals surface area (Å²) in [5, 5.41) is 0.952. The highest BCUT2D eigenvalue weighted by atomic mass is 35.5. The minimum absolute atomic E-state index is 0.309. The van der Waals surface area contributed by atoms with E-state index in [4.69, 9.17) is 35.4 Å². The van der Waals surface area contributed by atoms with E-state index < -0.39 is 5.82 Å². The first-order valence-corrected chi connectivity index (χ1v) is 8.42. The Morgan fingerprint density at radius 2 is 1.96 bits per heavy atom. The molecule has 0 radical (unpaired) electrons. The maximum absolute atomic E-state index is 13.4. The number of anilines is 1. The third-order valence-corrected chi connectivity index (χ3v) is 4.97. The molecule has 2 nitrogen and oxygen atoms in total. The Kier molecular flexibility index (Phi) is 4.73. The first kappa shape index (κ1) is 16.5. The quantitative estimate of drug-likeness (QED) is 0.501. The van der Waals surface area contributed by atoms with Gasteiger partial charge in [0.1, 0.15) is 5.82 Å². The van der Waals surface area contributed by atoms with Gasteiger partial charge in [-0.15, -0.1) is 0 Å². The van der Waals surface area contributed by atoms with Crippen LogP contribution in [0.5, 0.6) is 0 Å². The monoisotopic (exact) mass is 383 g/mol. The summed E-state index contributed by atoms with van der Waals surface area (Å²) >= 11 is 18.4. The number of halogens is 3. The van der Waals surface area contributed by atoms with Gasteiger partial charge in [0.05, 0.1) is 10.6 Å². The summed E-state index contributed by atoms with van der Waals surface area (Å²) in [6, 6.07) is 10.7. The number of carbonyl (C=O) groups excluding carboxylic acids is 1. The first-order valence-electron chi connectivity index (χ1n) is 6.44. The number of carbonyl (C=O) groups is 1. The molecule has 0 bridgehead atoms. The lowest BCUT2D eigenvalue weighted by Crippen LogP contribution is -2.27. The predicted molar refractivity (Wildman–Crippen MR) is 98.5 cm³/mol. The fourth-order valence-electron chi connectivity index (χ4n) is 2.07. The zero-order valence-electron chi connectivity index (χ0n) is 11.4. The fraction of sp³-hybridized carbons (Fsp3) is 0. The Bertz CT molecular complexity index is 854. The molecule has 2 aromatic carbocycles. The highest BCUT2D eigenvalue weighted by Crippen LogP contribution is 2.37. The van der Waals surface area contributed by atoms with E-state index >= 15 is 0 Å². The van der Waals surface area contributed by atoms with Gasteiger partial charge in [-0.1, -0.05) is 59.3 Å². The second-order valence-corrected chi connectivity index (χ2v) is 7.18. The van der Waals surface area contributed by atoms with Crippen molar-refractivity contribution in [3.05, 3.63) is 68.8 Å². The summed E-state index contributed by atoms with van der Waals surface area (Å²) in [5.74, 6) is -0.738. The molecule has 3 rings (SSSR count). The molecule has 0 atom stereocenters. The molecule has 1 saturated heterocycles. The molecule has 2 aromatic rings. The van der Waals surface area contributed by atoms with E-state index in [1.165, 1.54) is 23.1 Å². The molecule has 0 saturated carbocycles. The number of nitrogens with zero attached hydrogens (tertiary/aromatic N) is 1. The number of benzene rings is 2. The molecule has 1 fully saturated rings. The summed E-state index contributed by atoms with van der Waals surface area (Å²) in [4.78, 5) is 14.3. The average Bonchev–Trinajstić information content (AvgIpc) is 2.76. The lowest BCUT2D eigenvalue weighted by molar-refractivity contribution is -0.113. The minimum atomic E-state index is -0.429. The zero-order chi connectivity index (χ0) is 16.6. The van der Waals surface area contributed by atoms with Crippen molar-refractivity contribution in [3.8, 4) is 0 Å². The number of hydrogen-bond donors (Lipinski definition) is 0. The Balaban J connectivity index is 1.96. The molecular weight excluding hydrogens is 376 g/mol. The Morgan fingerprint density at radius 3 is 2.65 bits per heavy atom. The molecule has 0 aromatic heterocycles. The highest BCUT2D eigenvalue weighted by Gasteiger charge is 2.33. The van der Waals surface area contributed by atoms with Gasteiger partial charge < -0.3 is 0 Å². The van der Waals surface area contributed by atoms with Crippen LogP contribution in [-0.2, 0) is 4.79 Å². The van der Waals surface area contributed by atoms with Crippen molar-refractivity contribution in [3.63, 3.8) is 0 Å². The Labute approximate surface area is 151 Å². The number of rotatable bonds is 2.